The Bertz CT molecular complexity index is 339. The molecule has 0 amide bonds. The van der Waals surface area contributed by atoms with Gasteiger partial charge in [-0.15, -0.1) is 11.3 Å². The highest BCUT2D eigenvalue weighted by atomic mass is 32.1. The zero-order valence-corrected chi connectivity index (χ0v) is 12.3. The molecule has 0 bridgehead atoms. The zero-order valence-electron chi connectivity index (χ0n) is 11.5. The molecule has 3 unspecified atom stereocenters. The Kier molecular flexibility index (Phi) is 5.15. The lowest BCUT2D eigenvalue weighted by Gasteiger charge is -2.36. The molecule has 0 aliphatic heterocycles. The fourth-order valence-electron chi connectivity index (χ4n) is 3.02. The molecule has 1 fully saturated rings. The maximum absolute atomic E-state index is 6.28. The summed E-state index contributed by atoms with van der Waals surface area (Å²) in [5.41, 5.74) is 9.36. The lowest BCUT2D eigenvalue weighted by molar-refractivity contribution is 0.167. The SMILES string of the molecule is CCC1CCC(N)C(CN(C)Cc2cscn2)C1. The second-order valence-electron chi connectivity index (χ2n) is 5.69. The molecule has 0 spiro atoms. The molecule has 1 aromatic heterocycles. The van der Waals surface area contributed by atoms with Crippen molar-refractivity contribution in [1.29, 1.82) is 0 Å². The van der Waals surface area contributed by atoms with E-state index in [9.17, 15) is 0 Å². The molecule has 4 heteroatoms. The number of nitrogens with zero attached hydrogens (tertiary/aromatic N) is 2. The first-order valence-electron chi connectivity index (χ1n) is 7.00. The third-order valence-electron chi connectivity index (χ3n) is 4.19. The van der Waals surface area contributed by atoms with E-state index in [4.69, 9.17) is 5.73 Å². The molecule has 1 aromatic rings. The van der Waals surface area contributed by atoms with Crippen LogP contribution in [0, 0.1) is 11.8 Å². The van der Waals surface area contributed by atoms with Crippen molar-refractivity contribution < 1.29 is 0 Å². The Balaban J connectivity index is 1.83. The first kappa shape index (κ1) is 14.0. The van der Waals surface area contributed by atoms with E-state index >= 15 is 0 Å². The largest absolute Gasteiger partial charge is 0.327 e. The average molecular weight is 267 g/mol. The first-order valence-corrected chi connectivity index (χ1v) is 7.94. The van der Waals surface area contributed by atoms with Gasteiger partial charge in [-0.2, -0.15) is 0 Å². The molecule has 2 N–H and O–H groups in total. The van der Waals surface area contributed by atoms with Crippen LogP contribution in [0.4, 0.5) is 0 Å². The topological polar surface area (TPSA) is 42.1 Å². The highest BCUT2D eigenvalue weighted by Crippen LogP contribution is 2.30. The van der Waals surface area contributed by atoms with Gasteiger partial charge in [-0.3, -0.25) is 0 Å². The van der Waals surface area contributed by atoms with Crippen LogP contribution in [0.5, 0.6) is 0 Å². The number of hydrogen-bond acceptors (Lipinski definition) is 4. The van der Waals surface area contributed by atoms with E-state index in [2.05, 4.69) is 29.2 Å². The Labute approximate surface area is 114 Å². The molecule has 1 aliphatic carbocycles. The molecule has 0 saturated heterocycles. The molecule has 1 aliphatic rings. The number of rotatable bonds is 5. The first-order chi connectivity index (χ1) is 8.69. The van der Waals surface area contributed by atoms with Crippen molar-refractivity contribution >= 4 is 11.3 Å². The smallest absolute Gasteiger partial charge is 0.0795 e. The van der Waals surface area contributed by atoms with Crippen molar-refractivity contribution in [1.82, 2.24) is 9.88 Å². The van der Waals surface area contributed by atoms with Crippen molar-refractivity contribution in [2.45, 2.75) is 45.2 Å². The maximum atomic E-state index is 6.28. The van der Waals surface area contributed by atoms with Crippen LogP contribution in [0.1, 0.15) is 38.3 Å². The van der Waals surface area contributed by atoms with Gasteiger partial charge in [-0.25, -0.2) is 4.98 Å². The van der Waals surface area contributed by atoms with Gasteiger partial charge >= 0.3 is 0 Å². The summed E-state index contributed by atoms with van der Waals surface area (Å²) in [4.78, 5) is 6.72. The molecule has 1 heterocycles. The molecule has 3 nitrogen and oxygen atoms in total. The molecule has 18 heavy (non-hydrogen) atoms. The predicted molar refractivity (Wildman–Crippen MR) is 77.5 cm³/mol. The van der Waals surface area contributed by atoms with Crippen LogP contribution in [0.3, 0.4) is 0 Å². The lowest BCUT2D eigenvalue weighted by atomic mass is 9.77. The second-order valence-corrected chi connectivity index (χ2v) is 6.41. The van der Waals surface area contributed by atoms with Gasteiger partial charge in [0.1, 0.15) is 0 Å². The van der Waals surface area contributed by atoms with Crippen molar-refractivity contribution in [3.8, 4) is 0 Å². The minimum atomic E-state index is 0.394. The summed E-state index contributed by atoms with van der Waals surface area (Å²) in [6.07, 6.45) is 5.13. The number of hydrogen-bond donors (Lipinski definition) is 1. The zero-order chi connectivity index (χ0) is 13.0. The average Bonchev–Trinajstić information content (AvgIpc) is 2.84. The van der Waals surface area contributed by atoms with Gasteiger partial charge in [0, 0.05) is 24.5 Å². The van der Waals surface area contributed by atoms with E-state index in [0.29, 0.717) is 12.0 Å². The van der Waals surface area contributed by atoms with E-state index in [0.717, 1.165) is 19.0 Å². The number of nitrogens with two attached hydrogens (primary N) is 1. The van der Waals surface area contributed by atoms with Crippen LogP contribution < -0.4 is 5.73 Å². The van der Waals surface area contributed by atoms with Crippen molar-refractivity contribution in [2.75, 3.05) is 13.6 Å². The van der Waals surface area contributed by atoms with Gasteiger partial charge in [-0.1, -0.05) is 13.3 Å². The Morgan fingerprint density at radius 1 is 1.50 bits per heavy atom. The third-order valence-corrected chi connectivity index (χ3v) is 4.82. The molecular weight excluding hydrogens is 242 g/mol. The lowest BCUT2D eigenvalue weighted by Crippen LogP contribution is -2.42. The minimum Gasteiger partial charge on any atom is -0.327 e. The number of aromatic nitrogens is 1. The highest BCUT2D eigenvalue weighted by molar-refractivity contribution is 7.07. The van der Waals surface area contributed by atoms with E-state index in [-0.39, 0.29) is 0 Å². The van der Waals surface area contributed by atoms with E-state index < -0.39 is 0 Å². The van der Waals surface area contributed by atoms with Gasteiger partial charge in [0.05, 0.1) is 11.2 Å². The van der Waals surface area contributed by atoms with Crippen molar-refractivity contribution in [3.63, 3.8) is 0 Å². The summed E-state index contributed by atoms with van der Waals surface area (Å²) < 4.78 is 0. The van der Waals surface area contributed by atoms with Crippen LogP contribution in [-0.4, -0.2) is 29.5 Å². The van der Waals surface area contributed by atoms with Gasteiger partial charge in [-0.05, 0) is 38.1 Å². The van der Waals surface area contributed by atoms with E-state index in [1.165, 1.54) is 31.4 Å². The Hall–Kier alpha value is -0.450. The van der Waals surface area contributed by atoms with Crippen LogP contribution in [0.15, 0.2) is 10.9 Å². The standard InChI is InChI=1S/C14H25N3S/c1-3-11-4-5-14(15)12(6-11)7-17(2)8-13-9-18-10-16-13/h9-12,14H,3-8,15H2,1-2H3. The molecule has 2 rings (SSSR count). The quantitative estimate of drug-likeness (QED) is 0.892. The summed E-state index contributed by atoms with van der Waals surface area (Å²) in [6.45, 7) is 4.36. The fourth-order valence-corrected chi connectivity index (χ4v) is 3.57. The van der Waals surface area contributed by atoms with E-state index in [1.807, 2.05) is 5.51 Å². The maximum Gasteiger partial charge on any atom is 0.0795 e. The fraction of sp³-hybridized carbons (Fsp3) is 0.786. The van der Waals surface area contributed by atoms with Gasteiger partial charge in [0.25, 0.3) is 0 Å². The molecular formula is C14H25N3S. The molecule has 0 aromatic carbocycles. The van der Waals surface area contributed by atoms with Crippen LogP contribution in [0.2, 0.25) is 0 Å². The van der Waals surface area contributed by atoms with Gasteiger partial charge in [0.15, 0.2) is 0 Å². The Morgan fingerprint density at radius 3 is 3.00 bits per heavy atom. The monoisotopic (exact) mass is 267 g/mol. The highest BCUT2D eigenvalue weighted by Gasteiger charge is 2.28. The minimum absolute atomic E-state index is 0.394. The third kappa shape index (κ3) is 3.77. The summed E-state index contributed by atoms with van der Waals surface area (Å²) in [5.74, 6) is 1.55. The molecule has 0 radical (unpaired) electrons. The Morgan fingerprint density at radius 2 is 2.33 bits per heavy atom. The van der Waals surface area contributed by atoms with Gasteiger partial charge in [0.2, 0.25) is 0 Å². The summed E-state index contributed by atoms with van der Waals surface area (Å²) in [6, 6.07) is 0.394. The van der Waals surface area contributed by atoms with Crippen LogP contribution in [0.25, 0.3) is 0 Å². The van der Waals surface area contributed by atoms with Gasteiger partial charge < -0.3 is 10.6 Å². The molecule has 3 atom stereocenters. The number of thiazole rings is 1. The molecule has 102 valence electrons. The van der Waals surface area contributed by atoms with Crippen molar-refractivity contribution in [2.24, 2.45) is 17.6 Å². The molecule has 1 saturated carbocycles. The van der Waals surface area contributed by atoms with Crippen LogP contribution >= 0.6 is 11.3 Å². The second kappa shape index (κ2) is 6.64. The summed E-state index contributed by atoms with van der Waals surface area (Å²) >= 11 is 1.67. The van der Waals surface area contributed by atoms with Crippen molar-refractivity contribution in [3.05, 3.63) is 16.6 Å². The van der Waals surface area contributed by atoms with E-state index in [1.54, 1.807) is 11.3 Å². The summed E-state index contributed by atoms with van der Waals surface area (Å²) in [7, 11) is 2.18. The van der Waals surface area contributed by atoms with Crippen LogP contribution in [-0.2, 0) is 6.54 Å². The predicted octanol–water partition coefficient (Wildman–Crippen LogP) is 2.73. The normalized spacial score (nSPS) is 28.8. The summed E-state index contributed by atoms with van der Waals surface area (Å²) in [5, 5.41) is 2.13.